The summed E-state index contributed by atoms with van der Waals surface area (Å²) in [6.07, 6.45) is -1.65. The summed E-state index contributed by atoms with van der Waals surface area (Å²) >= 11 is 0. The van der Waals surface area contributed by atoms with Crippen LogP contribution in [-0.2, 0) is 11.3 Å². The van der Waals surface area contributed by atoms with E-state index in [0.29, 0.717) is 0 Å². The maximum atomic E-state index is 12.4. The third-order valence-corrected chi connectivity index (χ3v) is 1.86. The van der Waals surface area contributed by atoms with Gasteiger partial charge in [0.1, 0.15) is 0 Å². The van der Waals surface area contributed by atoms with Gasteiger partial charge < -0.3 is 9.88 Å². The van der Waals surface area contributed by atoms with Gasteiger partial charge in [-0.25, -0.2) is 4.98 Å². The molecule has 0 saturated heterocycles. The summed E-state index contributed by atoms with van der Waals surface area (Å²) in [5.74, 6) is -7.73. The van der Waals surface area contributed by atoms with Crippen molar-refractivity contribution >= 4 is 5.91 Å². The number of hydrogen-bond donors (Lipinski definition) is 1. The lowest BCUT2D eigenvalue weighted by molar-refractivity contribution is -0.269. The number of nitrogens with zero attached hydrogens (tertiary/aromatic N) is 2. The zero-order valence-corrected chi connectivity index (χ0v) is 8.34. The zero-order valence-electron chi connectivity index (χ0n) is 8.34. The first-order chi connectivity index (χ1) is 7.75. The fourth-order valence-corrected chi connectivity index (χ4v) is 0.957. The predicted molar refractivity (Wildman–Crippen MR) is 46.2 cm³/mol. The number of alkyl halides is 5. The molecule has 0 radical (unpaired) electrons. The molecule has 1 rings (SSSR count). The molecule has 0 aliphatic carbocycles. The second-order valence-corrected chi connectivity index (χ2v) is 3.13. The number of halogens is 5. The van der Waals surface area contributed by atoms with Crippen LogP contribution in [0.2, 0.25) is 0 Å². The summed E-state index contributed by atoms with van der Waals surface area (Å²) in [6, 6.07) is 0. The summed E-state index contributed by atoms with van der Waals surface area (Å²) in [5.41, 5.74) is 0. The van der Waals surface area contributed by atoms with Crippen molar-refractivity contribution in [3.8, 4) is 0 Å². The van der Waals surface area contributed by atoms with Crippen LogP contribution >= 0.6 is 0 Å². The van der Waals surface area contributed by atoms with Crippen LogP contribution in [0.25, 0.3) is 0 Å². The van der Waals surface area contributed by atoms with E-state index >= 15 is 0 Å². The van der Waals surface area contributed by atoms with Crippen LogP contribution in [0.5, 0.6) is 0 Å². The second-order valence-electron chi connectivity index (χ2n) is 3.13. The number of hydrogen-bond acceptors (Lipinski definition) is 2. The van der Waals surface area contributed by atoms with Gasteiger partial charge in [0.15, 0.2) is 0 Å². The van der Waals surface area contributed by atoms with Gasteiger partial charge in [0.25, 0.3) is 5.91 Å². The van der Waals surface area contributed by atoms with E-state index in [-0.39, 0.29) is 13.1 Å². The van der Waals surface area contributed by atoms with Crippen LogP contribution in [-0.4, -0.2) is 34.1 Å². The lowest BCUT2D eigenvalue weighted by atomic mass is 10.3. The fraction of sp³-hybridized carbons (Fsp3) is 0.500. The Morgan fingerprint density at radius 3 is 2.41 bits per heavy atom. The first-order valence-electron chi connectivity index (χ1n) is 4.43. The van der Waals surface area contributed by atoms with Gasteiger partial charge in [0, 0.05) is 25.5 Å². The lowest BCUT2D eigenvalue weighted by Crippen LogP contribution is -2.50. The third-order valence-electron chi connectivity index (χ3n) is 1.86. The quantitative estimate of drug-likeness (QED) is 0.824. The molecule has 1 N–H and O–H groups in total. The molecule has 0 bridgehead atoms. The van der Waals surface area contributed by atoms with E-state index < -0.39 is 18.0 Å². The molecule has 1 aromatic heterocycles. The van der Waals surface area contributed by atoms with Crippen LogP contribution in [0.4, 0.5) is 22.0 Å². The van der Waals surface area contributed by atoms with Gasteiger partial charge >= 0.3 is 12.1 Å². The molecule has 1 heterocycles. The Morgan fingerprint density at radius 2 is 1.94 bits per heavy atom. The summed E-state index contributed by atoms with van der Waals surface area (Å²) < 4.78 is 61.6. The van der Waals surface area contributed by atoms with E-state index in [4.69, 9.17) is 0 Å². The van der Waals surface area contributed by atoms with E-state index in [1.165, 1.54) is 28.6 Å². The topological polar surface area (TPSA) is 46.9 Å². The third kappa shape index (κ3) is 3.14. The molecule has 1 amide bonds. The number of imidazole rings is 1. The smallest absolute Gasteiger partial charge is 0.349 e. The van der Waals surface area contributed by atoms with Gasteiger partial charge in [-0.2, -0.15) is 22.0 Å². The molecular weight excluding hydrogens is 249 g/mol. The normalized spacial score (nSPS) is 12.5. The summed E-state index contributed by atoms with van der Waals surface area (Å²) in [6.45, 7) is -0.291. The Morgan fingerprint density at radius 1 is 1.29 bits per heavy atom. The van der Waals surface area contributed by atoms with Crippen molar-refractivity contribution in [3.63, 3.8) is 0 Å². The molecule has 96 valence electrons. The monoisotopic (exact) mass is 257 g/mol. The van der Waals surface area contributed by atoms with E-state index in [9.17, 15) is 26.7 Å². The maximum Gasteiger partial charge on any atom is 0.463 e. The standard InChI is InChI=1S/C8H8F5N3O/c9-7(10,8(11,12)13)6(17)15-2-4-16-3-1-14-5-16/h1,3,5H,2,4H2,(H,15,17). The zero-order chi connectivity index (χ0) is 13.1. The SMILES string of the molecule is O=C(NCCn1ccnc1)C(F)(F)C(F)(F)F. The van der Waals surface area contributed by atoms with Crippen molar-refractivity contribution in [3.05, 3.63) is 18.7 Å². The highest BCUT2D eigenvalue weighted by Gasteiger charge is 2.63. The van der Waals surface area contributed by atoms with Crippen molar-refractivity contribution in [2.24, 2.45) is 0 Å². The van der Waals surface area contributed by atoms with E-state index in [0.717, 1.165) is 0 Å². The summed E-state index contributed by atoms with van der Waals surface area (Å²) in [5, 5.41) is 1.51. The van der Waals surface area contributed by atoms with Crippen LogP contribution in [0.3, 0.4) is 0 Å². The van der Waals surface area contributed by atoms with E-state index in [2.05, 4.69) is 4.98 Å². The van der Waals surface area contributed by atoms with Crippen LogP contribution in [0.1, 0.15) is 0 Å². The summed E-state index contributed by atoms with van der Waals surface area (Å²) in [7, 11) is 0. The molecule has 0 aliphatic heterocycles. The molecule has 9 heteroatoms. The molecule has 4 nitrogen and oxygen atoms in total. The van der Waals surface area contributed by atoms with Crippen molar-refractivity contribution < 1.29 is 26.7 Å². The highest BCUT2D eigenvalue weighted by atomic mass is 19.4. The molecule has 0 aliphatic rings. The second kappa shape index (κ2) is 4.68. The molecule has 0 unspecified atom stereocenters. The van der Waals surface area contributed by atoms with Gasteiger partial charge in [-0.05, 0) is 0 Å². The van der Waals surface area contributed by atoms with Crippen molar-refractivity contribution in [1.29, 1.82) is 0 Å². The number of rotatable bonds is 4. The molecular formula is C8H8F5N3O. The minimum Gasteiger partial charge on any atom is -0.349 e. The first kappa shape index (κ1) is 13.4. The number of amides is 1. The molecule has 0 spiro atoms. The molecule has 0 aromatic carbocycles. The van der Waals surface area contributed by atoms with Crippen molar-refractivity contribution in [1.82, 2.24) is 14.9 Å². The average molecular weight is 257 g/mol. The van der Waals surface area contributed by atoms with Gasteiger partial charge in [0.2, 0.25) is 0 Å². The summed E-state index contributed by atoms with van der Waals surface area (Å²) in [4.78, 5) is 14.3. The lowest BCUT2D eigenvalue weighted by Gasteiger charge is -2.18. The Labute approximate surface area is 92.4 Å². The molecule has 0 saturated carbocycles. The average Bonchev–Trinajstić information content (AvgIpc) is 2.68. The molecule has 17 heavy (non-hydrogen) atoms. The van der Waals surface area contributed by atoms with Crippen molar-refractivity contribution in [2.45, 2.75) is 18.6 Å². The van der Waals surface area contributed by atoms with Gasteiger partial charge in [-0.1, -0.05) is 0 Å². The largest absolute Gasteiger partial charge is 0.463 e. The van der Waals surface area contributed by atoms with Gasteiger partial charge in [-0.15, -0.1) is 0 Å². The minimum atomic E-state index is -5.88. The van der Waals surface area contributed by atoms with Gasteiger partial charge in [-0.3, -0.25) is 4.79 Å². The van der Waals surface area contributed by atoms with E-state index in [1.807, 2.05) is 0 Å². The Balaban J connectivity index is 2.45. The minimum absolute atomic E-state index is 0.0552. The van der Waals surface area contributed by atoms with Crippen molar-refractivity contribution in [2.75, 3.05) is 6.54 Å². The van der Waals surface area contributed by atoms with Crippen LogP contribution < -0.4 is 5.32 Å². The van der Waals surface area contributed by atoms with E-state index in [1.54, 1.807) is 0 Å². The number of carbonyl (C=O) groups excluding carboxylic acids is 1. The Hall–Kier alpha value is -1.67. The maximum absolute atomic E-state index is 12.4. The highest BCUT2D eigenvalue weighted by Crippen LogP contribution is 2.35. The first-order valence-corrected chi connectivity index (χ1v) is 4.43. The number of nitrogens with one attached hydrogen (secondary N) is 1. The number of carbonyl (C=O) groups is 1. The number of aromatic nitrogens is 2. The predicted octanol–water partition coefficient (Wildman–Crippen LogP) is 1.20. The Bertz CT molecular complexity index is 373. The Kier molecular flexibility index (Phi) is 3.69. The fourth-order valence-electron chi connectivity index (χ4n) is 0.957. The molecule has 0 atom stereocenters. The highest BCUT2D eigenvalue weighted by molar-refractivity contribution is 5.84. The van der Waals surface area contributed by atoms with Crippen LogP contribution in [0, 0.1) is 0 Å². The van der Waals surface area contributed by atoms with Gasteiger partial charge in [0.05, 0.1) is 6.33 Å². The molecule has 1 aromatic rings. The molecule has 0 fully saturated rings. The van der Waals surface area contributed by atoms with Crippen LogP contribution in [0.15, 0.2) is 18.7 Å².